The molecule has 2 aliphatic rings. The number of carbonyl (C=O) groups excluding carboxylic acids is 4. The lowest BCUT2D eigenvalue weighted by Gasteiger charge is -2.52. The van der Waals surface area contributed by atoms with E-state index >= 15 is 0 Å². The maximum atomic E-state index is 14.2. The van der Waals surface area contributed by atoms with Crippen LogP contribution in [0.25, 0.3) is 0 Å². The Morgan fingerprint density at radius 3 is 2.07 bits per heavy atom. The van der Waals surface area contributed by atoms with E-state index in [2.05, 4.69) is 5.32 Å². The Morgan fingerprint density at radius 2 is 1.47 bits per heavy atom. The molecule has 3 aromatic carbocycles. The minimum absolute atomic E-state index is 0.160. The molecule has 4 atom stereocenters. The normalized spacial score (nSPS) is 19.5. The molecule has 0 spiro atoms. The monoisotopic (exact) mass is 638 g/mol. The van der Waals surface area contributed by atoms with Crippen molar-refractivity contribution in [3.8, 4) is 0 Å². The molecule has 45 heavy (non-hydrogen) atoms. The van der Waals surface area contributed by atoms with Crippen LogP contribution in [0, 0.1) is 0 Å². The number of nitrogens with one attached hydrogen (secondary N) is 1. The first-order valence-corrected chi connectivity index (χ1v) is 16.3. The van der Waals surface area contributed by atoms with Gasteiger partial charge in [-0.05, 0) is 47.0 Å². The van der Waals surface area contributed by atoms with Crippen LogP contribution in [0.5, 0.6) is 0 Å². The van der Waals surface area contributed by atoms with Crippen LogP contribution in [0.1, 0.15) is 39.4 Å². The lowest BCUT2D eigenvalue weighted by molar-refractivity contribution is -0.166. The number of nitrogens with zero attached hydrogens (tertiary/aromatic N) is 1. The molecule has 0 aliphatic carbocycles. The predicted octanol–water partition coefficient (Wildman–Crippen LogP) is 5.52. The molecule has 10 heteroatoms. The summed E-state index contributed by atoms with van der Waals surface area (Å²) in [7, 11) is 0. The third-order valence-corrected chi connectivity index (χ3v) is 9.74. The van der Waals surface area contributed by atoms with E-state index in [1.807, 2.05) is 78.2 Å². The Kier molecular flexibility index (Phi) is 9.13. The molecule has 1 fully saturated rings. The van der Waals surface area contributed by atoms with Crippen LogP contribution in [-0.2, 0) is 30.3 Å². The van der Waals surface area contributed by atoms with E-state index < -0.39 is 47.5 Å². The molecule has 8 nitrogen and oxygen atoms in total. The van der Waals surface area contributed by atoms with Gasteiger partial charge in [0.05, 0.1) is 12.0 Å². The minimum Gasteiger partial charge on any atom is -0.454 e. The van der Waals surface area contributed by atoms with Gasteiger partial charge in [0.2, 0.25) is 11.8 Å². The van der Waals surface area contributed by atoms with Crippen molar-refractivity contribution in [2.24, 2.45) is 0 Å². The first-order valence-electron chi connectivity index (χ1n) is 14.5. The van der Waals surface area contributed by atoms with Crippen LogP contribution in [0.3, 0.4) is 0 Å². The number of ether oxygens (including phenoxy) is 2. The summed E-state index contributed by atoms with van der Waals surface area (Å²) in [5.41, 5.74) is 2.32. The summed E-state index contributed by atoms with van der Waals surface area (Å²) in [5, 5.41) is 5.95. The third-order valence-electron chi connectivity index (χ3n) is 7.67. The summed E-state index contributed by atoms with van der Waals surface area (Å²) >= 11 is 2.77. The van der Waals surface area contributed by atoms with Crippen molar-refractivity contribution in [1.29, 1.82) is 0 Å². The number of hydrogen-bond acceptors (Lipinski definition) is 8. The predicted molar refractivity (Wildman–Crippen MR) is 172 cm³/mol. The molecule has 1 saturated heterocycles. The molecule has 0 saturated carbocycles. The number of rotatable bonds is 10. The van der Waals surface area contributed by atoms with Crippen LogP contribution in [0.15, 0.2) is 119 Å². The molecular weight excluding hydrogens is 609 g/mol. The fourth-order valence-corrected chi connectivity index (χ4v) is 7.43. The minimum atomic E-state index is -1.16. The molecule has 4 aromatic rings. The second kappa shape index (κ2) is 13.5. The average Bonchev–Trinajstić information content (AvgIpc) is 3.59. The van der Waals surface area contributed by atoms with Gasteiger partial charge in [0.25, 0.3) is 0 Å². The van der Waals surface area contributed by atoms with Crippen molar-refractivity contribution >= 4 is 46.9 Å². The van der Waals surface area contributed by atoms with Crippen molar-refractivity contribution in [2.45, 2.75) is 43.0 Å². The fourth-order valence-electron chi connectivity index (χ4n) is 5.41. The summed E-state index contributed by atoms with van der Waals surface area (Å²) in [6.07, 6.45) is -1.43. The standard InChI is InChI=1S/C35H30N2O6S2/c1-22(42-34(40)25-16-9-4-10-17-25)27-21-45-33-29(36-28(38)20-26-18-11-19-44-26)32(39)37(33)30(27)35(41)43-31(23-12-5-2-6-13-23)24-14-7-3-8-15-24/h2-19,21-22,29-31,33H,20H2,1H3,(H,36,38)/t22?,29-,30?,33-/m1/s1. The summed E-state index contributed by atoms with van der Waals surface area (Å²) in [6.45, 7) is 1.67. The molecular formula is C35H30N2O6S2. The maximum absolute atomic E-state index is 14.2. The Hall–Kier alpha value is -4.67. The smallest absolute Gasteiger partial charge is 0.338 e. The van der Waals surface area contributed by atoms with Crippen molar-refractivity contribution in [3.63, 3.8) is 0 Å². The lowest BCUT2D eigenvalue weighted by atomic mass is 9.94. The zero-order chi connectivity index (χ0) is 31.3. The largest absolute Gasteiger partial charge is 0.454 e. The van der Waals surface area contributed by atoms with Crippen LogP contribution < -0.4 is 5.32 Å². The molecule has 1 N–H and O–H groups in total. The molecule has 2 unspecified atom stereocenters. The molecule has 3 heterocycles. The van der Waals surface area contributed by atoms with E-state index in [0.29, 0.717) is 11.1 Å². The van der Waals surface area contributed by atoms with Crippen molar-refractivity contribution in [3.05, 3.63) is 141 Å². The zero-order valence-electron chi connectivity index (χ0n) is 24.3. The van der Waals surface area contributed by atoms with E-state index in [9.17, 15) is 19.2 Å². The highest BCUT2D eigenvalue weighted by Gasteiger charge is 2.57. The number of amides is 2. The second-order valence-corrected chi connectivity index (χ2v) is 12.7. The van der Waals surface area contributed by atoms with Crippen LogP contribution >= 0.6 is 23.1 Å². The highest BCUT2D eigenvalue weighted by molar-refractivity contribution is 8.03. The number of carbonyl (C=O) groups is 4. The van der Waals surface area contributed by atoms with Gasteiger partial charge >= 0.3 is 11.9 Å². The van der Waals surface area contributed by atoms with E-state index in [0.717, 1.165) is 16.0 Å². The van der Waals surface area contributed by atoms with Crippen molar-refractivity contribution in [1.82, 2.24) is 10.2 Å². The molecule has 2 aliphatic heterocycles. The van der Waals surface area contributed by atoms with Gasteiger partial charge in [0.15, 0.2) is 12.1 Å². The zero-order valence-corrected chi connectivity index (χ0v) is 25.9. The topological polar surface area (TPSA) is 102 Å². The number of benzene rings is 3. The lowest BCUT2D eigenvalue weighted by Crippen LogP contribution is -2.74. The number of esters is 2. The maximum Gasteiger partial charge on any atom is 0.338 e. The molecule has 228 valence electrons. The van der Waals surface area contributed by atoms with Gasteiger partial charge in [0, 0.05) is 10.5 Å². The van der Waals surface area contributed by atoms with Gasteiger partial charge < -0.3 is 19.7 Å². The van der Waals surface area contributed by atoms with Gasteiger partial charge in [-0.3, -0.25) is 9.59 Å². The Labute approximate surface area is 269 Å². The summed E-state index contributed by atoms with van der Waals surface area (Å²) < 4.78 is 12.0. The van der Waals surface area contributed by atoms with E-state index in [1.165, 1.54) is 28.0 Å². The van der Waals surface area contributed by atoms with Gasteiger partial charge in [-0.2, -0.15) is 0 Å². The molecule has 6 rings (SSSR count). The second-order valence-electron chi connectivity index (χ2n) is 10.6. The van der Waals surface area contributed by atoms with Crippen LogP contribution in [0.4, 0.5) is 0 Å². The van der Waals surface area contributed by atoms with Crippen LogP contribution in [0.2, 0.25) is 0 Å². The number of hydrogen-bond donors (Lipinski definition) is 1. The quantitative estimate of drug-likeness (QED) is 0.180. The molecule has 0 radical (unpaired) electrons. The number of thiophene rings is 1. The van der Waals surface area contributed by atoms with E-state index in [1.54, 1.807) is 42.7 Å². The first-order chi connectivity index (χ1) is 21.9. The Bertz CT molecular complexity index is 1660. The van der Waals surface area contributed by atoms with Crippen LogP contribution in [-0.4, -0.2) is 52.2 Å². The van der Waals surface area contributed by atoms with Gasteiger partial charge in [0.1, 0.15) is 17.5 Å². The summed E-state index contributed by atoms with van der Waals surface area (Å²) in [4.78, 5) is 55.9. The van der Waals surface area contributed by atoms with E-state index in [-0.39, 0.29) is 12.3 Å². The fraction of sp³-hybridized carbons (Fsp3) is 0.200. The summed E-state index contributed by atoms with van der Waals surface area (Å²) in [5.74, 6) is -1.90. The van der Waals surface area contributed by atoms with E-state index in [4.69, 9.17) is 9.47 Å². The molecule has 2 amide bonds. The van der Waals surface area contributed by atoms with Gasteiger partial charge in [-0.15, -0.1) is 23.1 Å². The van der Waals surface area contributed by atoms with Gasteiger partial charge in [-0.1, -0.05) is 84.9 Å². The Balaban J connectivity index is 1.28. The SMILES string of the molecule is CC(OC(=O)c1ccccc1)C1=CS[C@@H]2[C@H](NC(=O)Cc3cccs3)C(=O)N2C1C(=O)OC(c1ccccc1)c1ccccc1. The third kappa shape index (κ3) is 6.57. The number of thioether (sulfide) groups is 1. The highest BCUT2D eigenvalue weighted by Crippen LogP contribution is 2.42. The van der Waals surface area contributed by atoms with Crippen molar-refractivity contribution < 1.29 is 28.7 Å². The average molecular weight is 639 g/mol. The highest BCUT2D eigenvalue weighted by atomic mass is 32.2. The molecule has 1 aromatic heterocycles. The first kappa shape index (κ1) is 30.4. The van der Waals surface area contributed by atoms with Crippen molar-refractivity contribution in [2.75, 3.05) is 0 Å². The molecule has 0 bridgehead atoms. The van der Waals surface area contributed by atoms with Gasteiger partial charge in [-0.25, -0.2) is 9.59 Å². The number of β-lactam (4-membered cyclic amide) rings is 1. The summed E-state index contributed by atoms with van der Waals surface area (Å²) in [6, 6.07) is 29.0. The number of fused-ring (bicyclic) bond motifs is 1. The Morgan fingerprint density at radius 1 is 0.844 bits per heavy atom.